The first-order valence-corrected chi connectivity index (χ1v) is 9.30. The summed E-state index contributed by atoms with van der Waals surface area (Å²) >= 11 is 13.2. The first-order chi connectivity index (χ1) is 11.8. The van der Waals surface area contributed by atoms with Gasteiger partial charge in [-0.2, -0.15) is 0 Å². The number of carbonyl (C=O) groups excluding carboxylic acids is 2. The van der Waals surface area contributed by atoms with Gasteiger partial charge in [-0.05, 0) is 44.2 Å². The highest BCUT2D eigenvalue weighted by Crippen LogP contribution is 2.45. The smallest absolute Gasteiger partial charge is 0.252 e. The zero-order valence-corrected chi connectivity index (χ0v) is 16.0. The summed E-state index contributed by atoms with van der Waals surface area (Å²) in [4.78, 5) is 28.5. The average molecular weight is 395 g/mol. The number of anilines is 2. The molecule has 0 aliphatic carbocycles. The molecule has 25 heavy (non-hydrogen) atoms. The summed E-state index contributed by atoms with van der Waals surface area (Å²) in [5.74, 6) is -0.655. The third-order valence-corrected chi connectivity index (χ3v) is 5.76. The lowest BCUT2D eigenvalue weighted by atomic mass is 10.1. The van der Waals surface area contributed by atoms with Gasteiger partial charge in [0.1, 0.15) is 0 Å². The number of hydrogen-bond acceptors (Lipinski definition) is 3. The lowest BCUT2D eigenvalue weighted by molar-refractivity contribution is -0.128. The molecule has 0 fully saturated rings. The van der Waals surface area contributed by atoms with Crippen LogP contribution in [0.1, 0.15) is 13.8 Å². The number of nitrogens with zero attached hydrogens (tertiary/aromatic N) is 1. The number of para-hydroxylation sites is 1. The van der Waals surface area contributed by atoms with Crippen molar-refractivity contribution in [3.05, 3.63) is 52.5 Å². The Kier molecular flexibility index (Phi) is 5.00. The predicted octanol–water partition coefficient (Wildman–Crippen LogP) is 4.85. The van der Waals surface area contributed by atoms with Gasteiger partial charge in [0.25, 0.3) is 5.91 Å². The first-order valence-electron chi connectivity index (χ1n) is 7.72. The summed E-state index contributed by atoms with van der Waals surface area (Å²) in [6, 6.07) is 12.3. The molecular weight excluding hydrogens is 379 g/mol. The maximum absolute atomic E-state index is 13.0. The van der Waals surface area contributed by atoms with Crippen molar-refractivity contribution in [2.75, 3.05) is 16.8 Å². The van der Waals surface area contributed by atoms with Crippen LogP contribution < -0.4 is 10.2 Å². The van der Waals surface area contributed by atoms with Crippen molar-refractivity contribution in [3.8, 4) is 0 Å². The molecule has 7 heteroatoms. The minimum absolute atomic E-state index is 0.246. The second-order valence-electron chi connectivity index (χ2n) is 5.76. The largest absolute Gasteiger partial charge is 0.324 e. The molecule has 1 aliphatic heterocycles. The minimum Gasteiger partial charge on any atom is -0.324 e. The quantitative estimate of drug-likeness (QED) is 0.756. The number of hydrogen-bond donors (Lipinski definition) is 1. The molecule has 0 saturated carbocycles. The Bertz CT molecular complexity index is 838. The predicted molar refractivity (Wildman–Crippen MR) is 104 cm³/mol. The molecule has 1 atom stereocenters. The molecule has 3 rings (SSSR count). The van der Waals surface area contributed by atoms with Crippen LogP contribution in [0.25, 0.3) is 0 Å². The van der Waals surface area contributed by atoms with Gasteiger partial charge < -0.3 is 10.2 Å². The Morgan fingerprint density at radius 3 is 2.48 bits per heavy atom. The third-order valence-electron chi connectivity index (χ3n) is 3.99. The van der Waals surface area contributed by atoms with Gasteiger partial charge in [0, 0.05) is 27.2 Å². The van der Waals surface area contributed by atoms with Crippen molar-refractivity contribution in [2.24, 2.45) is 0 Å². The maximum Gasteiger partial charge on any atom is 0.252 e. The van der Waals surface area contributed by atoms with Crippen LogP contribution in [0.3, 0.4) is 0 Å². The fourth-order valence-electron chi connectivity index (χ4n) is 2.73. The molecule has 0 bridgehead atoms. The number of benzene rings is 2. The van der Waals surface area contributed by atoms with E-state index in [-0.39, 0.29) is 5.91 Å². The first kappa shape index (κ1) is 18.1. The standard InChI is InChI=1S/C18H16Cl2N2O2S/c1-3-22-14-6-4-5-7-15(14)25-18(2,17(22)24)16(23)21-13-9-11(19)8-12(20)10-13/h4-10H,3H2,1-2H3,(H,21,23). The topological polar surface area (TPSA) is 49.4 Å². The maximum atomic E-state index is 13.0. The molecule has 0 spiro atoms. The van der Waals surface area contributed by atoms with Gasteiger partial charge in [-0.1, -0.05) is 47.1 Å². The SMILES string of the molecule is CCN1C(=O)C(C)(C(=O)Nc2cc(Cl)cc(Cl)c2)Sc2ccccc21. The molecule has 4 nitrogen and oxygen atoms in total. The van der Waals surface area contributed by atoms with Gasteiger partial charge in [-0.15, -0.1) is 0 Å². The summed E-state index contributed by atoms with van der Waals surface area (Å²) in [5.41, 5.74) is 1.29. The number of nitrogens with one attached hydrogen (secondary N) is 1. The molecule has 2 aromatic rings. The Morgan fingerprint density at radius 1 is 1.20 bits per heavy atom. The number of fused-ring (bicyclic) bond motifs is 1. The van der Waals surface area contributed by atoms with Gasteiger partial charge in [0.2, 0.25) is 5.91 Å². The number of halogens is 2. The van der Waals surface area contributed by atoms with Crippen LogP contribution in [0.15, 0.2) is 47.4 Å². The fraction of sp³-hybridized carbons (Fsp3) is 0.222. The Balaban J connectivity index is 1.95. The van der Waals surface area contributed by atoms with Gasteiger partial charge >= 0.3 is 0 Å². The van der Waals surface area contributed by atoms with Gasteiger partial charge in [0.05, 0.1) is 5.69 Å². The van der Waals surface area contributed by atoms with Crippen molar-refractivity contribution in [1.82, 2.24) is 0 Å². The van der Waals surface area contributed by atoms with Gasteiger partial charge in [-0.3, -0.25) is 9.59 Å². The van der Waals surface area contributed by atoms with Crippen LogP contribution in [0.5, 0.6) is 0 Å². The third kappa shape index (κ3) is 3.36. The van der Waals surface area contributed by atoms with E-state index >= 15 is 0 Å². The van der Waals surface area contributed by atoms with Crippen molar-refractivity contribution < 1.29 is 9.59 Å². The number of thioether (sulfide) groups is 1. The van der Waals surface area contributed by atoms with Crippen molar-refractivity contribution >= 4 is 58.2 Å². The molecule has 130 valence electrons. The van der Waals surface area contributed by atoms with Crippen molar-refractivity contribution in [3.63, 3.8) is 0 Å². The van der Waals surface area contributed by atoms with Crippen LogP contribution >= 0.6 is 35.0 Å². The molecule has 1 unspecified atom stereocenters. The molecule has 0 saturated heterocycles. The van der Waals surface area contributed by atoms with Crippen LogP contribution in [-0.4, -0.2) is 23.1 Å². The van der Waals surface area contributed by atoms with E-state index in [1.807, 2.05) is 31.2 Å². The molecule has 2 amide bonds. The van der Waals surface area contributed by atoms with E-state index in [1.54, 1.807) is 30.0 Å². The lowest BCUT2D eigenvalue weighted by Crippen LogP contribution is -2.54. The molecule has 1 heterocycles. The highest BCUT2D eigenvalue weighted by molar-refractivity contribution is 8.02. The average Bonchev–Trinajstić information content (AvgIpc) is 2.55. The fourth-order valence-corrected chi connectivity index (χ4v) is 4.47. The Labute approximate surface area is 160 Å². The van der Waals surface area contributed by atoms with Gasteiger partial charge in [-0.25, -0.2) is 0 Å². The summed E-state index contributed by atoms with van der Waals surface area (Å²) in [6.45, 7) is 4.02. The van der Waals surface area contributed by atoms with E-state index in [2.05, 4.69) is 5.32 Å². The molecule has 2 aromatic carbocycles. The van der Waals surface area contributed by atoms with Crippen molar-refractivity contribution in [1.29, 1.82) is 0 Å². The summed E-state index contributed by atoms with van der Waals surface area (Å²) < 4.78 is -1.28. The highest BCUT2D eigenvalue weighted by Gasteiger charge is 2.48. The van der Waals surface area contributed by atoms with E-state index < -0.39 is 10.7 Å². The lowest BCUT2D eigenvalue weighted by Gasteiger charge is -2.38. The van der Waals surface area contributed by atoms with E-state index in [4.69, 9.17) is 23.2 Å². The molecule has 0 radical (unpaired) electrons. The summed E-state index contributed by atoms with van der Waals surface area (Å²) in [7, 11) is 0. The molecule has 0 aromatic heterocycles. The van der Waals surface area contributed by atoms with E-state index in [0.717, 1.165) is 10.6 Å². The van der Waals surface area contributed by atoms with Crippen LogP contribution in [0.4, 0.5) is 11.4 Å². The highest BCUT2D eigenvalue weighted by atomic mass is 35.5. The normalized spacial score (nSPS) is 19.5. The zero-order valence-electron chi connectivity index (χ0n) is 13.7. The van der Waals surface area contributed by atoms with E-state index in [9.17, 15) is 9.59 Å². The van der Waals surface area contributed by atoms with Gasteiger partial charge in [0.15, 0.2) is 4.75 Å². The minimum atomic E-state index is -1.28. The molecule has 1 N–H and O–H groups in total. The molecule has 1 aliphatic rings. The second kappa shape index (κ2) is 6.90. The van der Waals surface area contributed by atoms with E-state index in [0.29, 0.717) is 22.3 Å². The van der Waals surface area contributed by atoms with Crippen LogP contribution in [0.2, 0.25) is 10.0 Å². The number of rotatable bonds is 3. The van der Waals surface area contributed by atoms with Crippen LogP contribution in [0, 0.1) is 0 Å². The Hall–Kier alpha value is -1.69. The molecular formula is C18H16Cl2N2O2S. The second-order valence-corrected chi connectivity index (χ2v) is 8.10. The summed E-state index contributed by atoms with van der Waals surface area (Å²) in [5, 5.41) is 3.59. The number of carbonyl (C=O) groups is 2. The van der Waals surface area contributed by atoms with Crippen LogP contribution in [-0.2, 0) is 9.59 Å². The van der Waals surface area contributed by atoms with E-state index in [1.165, 1.54) is 11.8 Å². The summed E-state index contributed by atoms with van der Waals surface area (Å²) in [6.07, 6.45) is 0. The number of amides is 2. The zero-order chi connectivity index (χ0) is 18.2. The Morgan fingerprint density at radius 2 is 1.84 bits per heavy atom. The monoisotopic (exact) mass is 394 g/mol. The van der Waals surface area contributed by atoms with Crippen molar-refractivity contribution in [2.45, 2.75) is 23.5 Å².